The largest absolute Gasteiger partial charge is 0.294 e. The average molecular weight is 354 g/mol. The molecule has 0 aliphatic heterocycles. The number of carbonyl (C=O) groups is 1. The molecule has 0 saturated heterocycles. The average Bonchev–Trinajstić information content (AvgIpc) is 2.79. The Labute approximate surface area is 149 Å². The maximum atomic E-state index is 12.9. The van der Waals surface area contributed by atoms with E-state index in [0.717, 1.165) is 27.8 Å². The molecule has 0 radical (unpaired) electrons. The predicted molar refractivity (Wildman–Crippen MR) is 101 cm³/mol. The second-order valence-corrected chi connectivity index (χ2v) is 8.91. The topological polar surface area (TPSA) is 51.2 Å². The van der Waals surface area contributed by atoms with Crippen LogP contribution in [-0.2, 0) is 14.6 Å². The molecular formula is C21H22O3S. The zero-order chi connectivity index (χ0) is 18.4. The Morgan fingerprint density at radius 2 is 1.32 bits per heavy atom. The van der Waals surface area contributed by atoms with Crippen molar-refractivity contribution in [3.05, 3.63) is 65.2 Å². The molecule has 2 aromatic rings. The van der Waals surface area contributed by atoms with Gasteiger partial charge in [0.25, 0.3) is 0 Å². The quantitative estimate of drug-likeness (QED) is 0.831. The molecule has 1 aliphatic rings. The molecule has 0 amide bonds. The number of ketones is 1. The van der Waals surface area contributed by atoms with E-state index in [2.05, 4.69) is 6.92 Å². The van der Waals surface area contributed by atoms with Crippen LogP contribution in [0, 0.1) is 18.8 Å². The Kier molecular flexibility index (Phi) is 4.41. The lowest BCUT2D eigenvalue weighted by molar-refractivity contribution is -0.116. The molecule has 130 valence electrons. The number of sulfone groups is 1. The highest BCUT2D eigenvalue weighted by molar-refractivity contribution is 7.90. The van der Waals surface area contributed by atoms with Gasteiger partial charge in [0.1, 0.15) is 0 Å². The van der Waals surface area contributed by atoms with Crippen LogP contribution in [0.2, 0.25) is 0 Å². The first-order chi connectivity index (χ1) is 11.7. The summed E-state index contributed by atoms with van der Waals surface area (Å²) in [6.45, 7) is 6.04. The molecule has 0 bridgehead atoms. The number of Topliss-reactive ketones (excluding diaryl/α,β-unsaturated/α-hetero) is 1. The highest BCUT2D eigenvalue weighted by Crippen LogP contribution is 2.44. The van der Waals surface area contributed by atoms with Gasteiger partial charge in [-0.05, 0) is 41.7 Å². The molecule has 4 heteroatoms. The summed E-state index contributed by atoms with van der Waals surface area (Å²) in [7, 11) is -3.23. The summed E-state index contributed by atoms with van der Waals surface area (Å²) in [5.41, 5.74) is 4.74. The Balaban J connectivity index is 2.17. The first kappa shape index (κ1) is 17.6. The maximum absolute atomic E-state index is 12.9. The number of hydrogen-bond acceptors (Lipinski definition) is 3. The third-order valence-corrected chi connectivity index (χ3v) is 6.20. The number of carbonyl (C=O) groups excluding carboxylic acids is 1. The van der Waals surface area contributed by atoms with E-state index in [0.29, 0.717) is 4.90 Å². The van der Waals surface area contributed by atoms with Crippen LogP contribution in [0.15, 0.2) is 53.4 Å². The summed E-state index contributed by atoms with van der Waals surface area (Å²) in [4.78, 5) is 13.1. The molecule has 0 aromatic heterocycles. The number of aryl methyl sites for hydroxylation is 1. The fourth-order valence-corrected chi connectivity index (χ4v) is 4.00. The summed E-state index contributed by atoms with van der Waals surface area (Å²) < 4.78 is 23.4. The monoisotopic (exact) mass is 354 g/mol. The van der Waals surface area contributed by atoms with E-state index in [1.54, 1.807) is 12.1 Å². The summed E-state index contributed by atoms with van der Waals surface area (Å²) in [5.74, 6) is 0.160. The van der Waals surface area contributed by atoms with E-state index in [1.807, 2.05) is 50.2 Å². The van der Waals surface area contributed by atoms with Crippen LogP contribution < -0.4 is 0 Å². The molecule has 3 nitrogen and oxygen atoms in total. The maximum Gasteiger partial charge on any atom is 0.175 e. The van der Waals surface area contributed by atoms with E-state index < -0.39 is 9.84 Å². The first-order valence-electron chi connectivity index (χ1n) is 8.36. The molecule has 1 aliphatic carbocycles. The summed E-state index contributed by atoms with van der Waals surface area (Å²) in [6.07, 6.45) is 1.20. The zero-order valence-electron chi connectivity index (χ0n) is 14.9. The Hall–Kier alpha value is -2.20. The van der Waals surface area contributed by atoms with Gasteiger partial charge >= 0.3 is 0 Å². The van der Waals surface area contributed by atoms with E-state index in [-0.39, 0.29) is 17.6 Å². The fraction of sp³-hybridized carbons (Fsp3) is 0.286. The smallest absolute Gasteiger partial charge is 0.175 e. The second kappa shape index (κ2) is 6.26. The summed E-state index contributed by atoms with van der Waals surface area (Å²) >= 11 is 0. The molecule has 0 heterocycles. The van der Waals surface area contributed by atoms with Crippen molar-refractivity contribution in [2.24, 2.45) is 11.8 Å². The van der Waals surface area contributed by atoms with Crippen molar-refractivity contribution in [2.45, 2.75) is 25.7 Å². The lowest BCUT2D eigenvalue weighted by Crippen LogP contribution is -2.11. The van der Waals surface area contributed by atoms with Gasteiger partial charge in [-0.15, -0.1) is 0 Å². The molecule has 25 heavy (non-hydrogen) atoms. The van der Waals surface area contributed by atoms with E-state index >= 15 is 0 Å². The van der Waals surface area contributed by atoms with E-state index in [9.17, 15) is 13.2 Å². The normalized spacial score (nSPS) is 21.0. The second-order valence-electron chi connectivity index (χ2n) is 6.89. The van der Waals surface area contributed by atoms with Crippen LogP contribution in [0.5, 0.6) is 0 Å². The van der Waals surface area contributed by atoms with E-state index in [4.69, 9.17) is 0 Å². The summed E-state index contributed by atoms with van der Waals surface area (Å²) in [5, 5.41) is 0. The van der Waals surface area contributed by atoms with Crippen LogP contribution in [0.3, 0.4) is 0 Å². The number of rotatable bonds is 3. The van der Waals surface area contributed by atoms with Crippen LogP contribution >= 0.6 is 0 Å². The summed E-state index contributed by atoms with van der Waals surface area (Å²) in [6, 6.07) is 14.8. The first-order valence-corrected chi connectivity index (χ1v) is 10.2. The third-order valence-electron chi connectivity index (χ3n) is 5.07. The third kappa shape index (κ3) is 3.19. The minimum absolute atomic E-state index is 0.0825. The minimum atomic E-state index is -3.23. The molecule has 2 atom stereocenters. The Morgan fingerprint density at radius 3 is 1.84 bits per heavy atom. The van der Waals surface area contributed by atoms with Crippen molar-refractivity contribution < 1.29 is 13.2 Å². The van der Waals surface area contributed by atoms with Gasteiger partial charge in [-0.1, -0.05) is 55.8 Å². The number of hydrogen-bond donors (Lipinski definition) is 0. The van der Waals surface area contributed by atoms with Gasteiger partial charge in [0, 0.05) is 17.7 Å². The minimum Gasteiger partial charge on any atom is -0.294 e. The highest BCUT2D eigenvalue weighted by atomic mass is 32.2. The SMILES string of the molecule is Cc1ccc(C2=C(c3ccc(S(C)(=O)=O)cc3)C(C)C(C)C2=O)cc1. The highest BCUT2D eigenvalue weighted by Gasteiger charge is 2.37. The molecule has 0 spiro atoms. The molecule has 2 unspecified atom stereocenters. The van der Waals surface area contributed by atoms with Crippen molar-refractivity contribution in [1.29, 1.82) is 0 Å². The van der Waals surface area contributed by atoms with Crippen LogP contribution in [-0.4, -0.2) is 20.5 Å². The predicted octanol–water partition coefficient (Wildman–Crippen LogP) is 4.16. The van der Waals surface area contributed by atoms with Crippen molar-refractivity contribution in [1.82, 2.24) is 0 Å². The lowest BCUT2D eigenvalue weighted by Gasteiger charge is -2.14. The number of allylic oxidation sites excluding steroid dienone is 2. The van der Waals surface area contributed by atoms with Gasteiger partial charge in [0.2, 0.25) is 0 Å². The van der Waals surface area contributed by atoms with Crippen molar-refractivity contribution in [3.8, 4) is 0 Å². The van der Waals surface area contributed by atoms with Gasteiger partial charge < -0.3 is 0 Å². The van der Waals surface area contributed by atoms with E-state index in [1.165, 1.54) is 6.26 Å². The molecule has 0 saturated carbocycles. The van der Waals surface area contributed by atoms with Crippen molar-refractivity contribution >= 4 is 26.8 Å². The lowest BCUT2D eigenvalue weighted by atomic mass is 9.90. The van der Waals surface area contributed by atoms with Crippen LogP contribution in [0.25, 0.3) is 11.1 Å². The van der Waals surface area contributed by atoms with Gasteiger partial charge in [-0.25, -0.2) is 8.42 Å². The Morgan fingerprint density at radius 1 is 0.800 bits per heavy atom. The fourth-order valence-electron chi connectivity index (χ4n) is 3.37. The Bertz CT molecular complexity index is 949. The molecule has 0 fully saturated rings. The zero-order valence-corrected chi connectivity index (χ0v) is 15.7. The molecule has 2 aromatic carbocycles. The molecule has 3 rings (SSSR count). The van der Waals surface area contributed by atoms with Crippen molar-refractivity contribution in [3.63, 3.8) is 0 Å². The molecule has 0 N–H and O–H groups in total. The van der Waals surface area contributed by atoms with Gasteiger partial charge in [-0.3, -0.25) is 4.79 Å². The van der Waals surface area contributed by atoms with Crippen LogP contribution in [0.4, 0.5) is 0 Å². The molecular weight excluding hydrogens is 332 g/mol. The van der Waals surface area contributed by atoms with Gasteiger partial charge in [-0.2, -0.15) is 0 Å². The van der Waals surface area contributed by atoms with Crippen LogP contribution in [0.1, 0.15) is 30.5 Å². The van der Waals surface area contributed by atoms with Crippen molar-refractivity contribution in [2.75, 3.05) is 6.26 Å². The number of benzene rings is 2. The van der Waals surface area contributed by atoms with Gasteiger partial charge in [0.05, 0.1) is 4.90 Å². The standard InChI is InChI=1S/C21H22O3S/c1-13-5-7-17(8-6-13)20-19(14(2)15(3)21(20)22)16-9-11-18(12-10-16)25(4,23)24/h5-12,14-15H,1-4H3. The van der Waals surface area contributed by atoms with Gasteiger partial charge in [0.15, 0.2) is 15.6 Å².